The second-order valence-electron chi connectivity index (χ2n) is 2.55. The molecule has 0 heterocycles. The van der Waals surface area contributed by atoms with Crippen LogP contribution < -0.4 is 0 Å². The normalized spacial score (nSPS) is 10.1. The van der Waals surface area contributed by atoms with Crippen molar-refractivity contribution in [2.24, 2.45) is 0 Å². The summed E-state index contributed by atoms with van der Waals surface area (Å²) in [5.74, 6) is 0. The fourth-order valence-electron chi connectivity index (χ4n) is 0.977. The molecule has 0 N–H and O–H groups in total. The molecule has 0 fully saturated rings. The summed E-state index contributed by atoms with van der Waals surface area (Å²) < 4.78 is 9.92. The van der Waals surface area contributed by atoms with E-state index < -0.39 is 0 Å². The first-order chi connectivity index (χ1) is 5.93. The van der Waals surface area contributed by atoms with Crippen LogP contribution in [0.3, 0.4) is 0 Å². The van der Waals surface area contributed by atoms with Gasteiger partial charge < -0.3 is 9.47 Å². The average Bonchev–Trinajstić information content (AvgIpc) is 2.14. The quantitative estimate of drug-likeness (QED) is 0.491. The fourth-order valence-corrected chi connectivity index (χ4v) is 0.977. The molecule has 2 heteroatoms. The van der Waals surface area contributed by atoms with Crippen molar-refractivity contribution >= 4 is 0 Å². The van der Waals surface area contributed by atoms with Crippen LogP contribution in [0.5, 0.6) is 0 Å². The summed E-state index contributed by atoms with van der Waals surface area (Å²) in [4.78, 5) is 0. The van der Waals surface area contributed by atoms with E-state index >= 15 is 0 Å². The van der Waals surface area contributed by atoms with E-state index in [9.17, 15) is 0 Å². The molecule has 0 atom stereocenters. The Morgan fingerprint density at radius 1 is 1.17 bits per heavy atom. The lowest BCUT2D eigenvalue weighted by Gasteiger charge is -2.01. The minimum atomic E-state index is 0.382. The van der Waals surface area contributed by atoms with Crippen LogP contribution in [0.15, 0.2) is 30.3 Å². The first kappa shape index (κ1) is 9.23. The molecule has 0 aromatic heterocycles. The molecular weight excluding hydrogens is 152 g/mol. The highest BCUT2D eigenvalue weighted by Crippen LogP contribution is 1.99. The lowest BCUT2D eigenvalue weighted by molar-refractivity contribution is -0.0291. The van der Waals surface area contributed by atoms with E-state index in [1.165, 1.54) is 5.56 Å². The smallest absolute Gasteiger partial charge is 0.146 e. The molecular formula is C10H14O2. The van der Waals surface area contributed by atoms with E-state index in [2.05, 4.69) is 12.1 Å². The third-order valence-electron chi connectivity index (χ3n) is 1.58. The Hall–Kier alpha value is -0.860. The summed E-state index contributed by atoms with van der Waals surface area (Å²) in [7, 11) is 1.63. The minimum Gasteiger partial charge on any atom is -0.359 e. The highest BCUT2D eigenvalue weighted by Gasteiger charge is 1.90. The van der Waals surface area contributed by atoms with Crippen LogP contribution in [-0.4, -0.2) is 20.5 Å². The van der Waals surface area contributed by atoms with Gasteiger partial charge in [-0.3, -0.25) is 0 Å². The summed E-state index contributed by atoms with van der Waals surface area (Å²) in [6.07, 6.45) is 0.949. The van der Waals surface area contributed by atoms with Crippen LogP contribution >= 0.6 is 0 Å². The lowest BCUT2D eigenvalue weighted by Crippen LogP contribution is -2.01. The number of rotatable bonds is 5. The molecule has 2 nitrogen and oxygen atoms in total. The molecule has 0 aliphatic carbocycles. The number of hydrogen-bond donors (Lipinski definition) is 0. The Bertz CT molecular complexity index is 196. The van der Waals surface area contributed by atoms with Crippen molar-refractivity contribution in [3.05, 3.63) is 35.9 Å². The zero-order chi connectivity index (χ0) is 8.65. The van der Waals surface area contributed by atoms with E-state index in [1.807, 2.05) is 18.2 Å². The summed E-state index contributed by atoms with van der Waals surface area (Å²) in [6.45, 7) is 1.10. The summed E-state index contributed by atoms with van der Waals surface area (Å²) in [5.41, 5.74) is 1.30. The van der Waals surface area contributed by atoms with Crippen LogP contribution in [0.2, 0.25) is 0 Å². The SMILES string of the molecule is COCOCCc1ccccc1. The minimum absolute atomic E-state index is 0.382. The Morgan fingerprint density at radius 3 is 2.58 bits per heavy atom. The first-order valence-electron chi connectivity index (χ1n) is 4.04. The van der Waals surface area contributed by atoms with Gasteiger partial charge in [0.25, 0.3) is 0 Å². The molecule has 1 rings (SSSR count). The van der Waals surface area contributed by atoms with Gasteiger partial charge in [-0.25, -0.2) is 0 Å². The van der Waals surface area contributed by atoms with Crippen molar-refractivity contribution in [1.82, 2.24) is 0 Å². The molecule has 0 saturated heterocycles. The molecule has 0 amide bonds. The average molecular weight is 166 g/mol. The van der Waals surface area contributed by atoms with Gasteiger partial charge in [0.2, 0.25) is 0 Å². The third kappa shape index (κ3) is 3.51. The number of hydrogen-bond acceptors (Lipinski definition) is 2. The predicted molar refractivity (Wildman–Crippen MR) is 48.0 cm³/mol. The van der Waals surface area contributed by atoms with Crippen molar-refractivity contribution < 1.29 is 9.47 Å². The van der Waals surface area contributed by atoms with Gasteiger partial charge in [-0.2, -0.15) is 0 Å². The highest BCUT2D eigenvalue weighted by molar-refractivity contribution is 5.14. The maximum absolute atomic E-state index is 5.16. The molecule has 0 radical (unpaired) electrons. The molecule has 1 aromatic rings. The number of ether oxygens (including phenoxy) is 2. The van der Waals surface area contributed by atoms with Crippen LogP contribution in [0.4, 0.5) is 0 Å². The molecule has 0 bridgehead atoms. The van der Waals surface area contributed by atoms with E-state index in [0.29, 0.717) is 6.79 Å². The second-order valence-corrected chi connectivity index (χ2v) is 2.55. The second kappa shape index (κ2) is 5.75. The molecule has 0 spiro atoms. The molecule has 12 heavy (non-hydrogen) atoms. The molecule has 0 saturated carbocycles. The first-order valence-corrected chi connectivity index (χ1v) is 4.04. The maximum Gasteiger partial charge on any atom is 0.146 e. The predicted octanol–water partition coefficient (Wildman–Crippen LogP) is 1.85. The monoisotopic (exact) mass is 166 g/mol. The maximum atomic E-state index is 5.16. The Kier molecular flexibility index (Phi) is 4.42. The van der Waals surface area contributed by atoms with Crippen molar-refractivity contribution in [3.63, 3.8) is 0 Å². The summed E-state index contributed by atoms with van der Waals surface area (Å²) >= 11 is 0. The van der Waals surface area contributed by atoms with Gasteiger partial charge in [0.15, 0.2) is 0 Å². The third-order valence-corrected chi connectivity index (χ3v) is 1.58. The van der Waals surface area contributed by atoms with E-state index in [0.717, 1.165) is 13.0 Å². The Morgan fingerprint density at radius 2 is 1.92 bits per heavy atom. The van der Waals surface area contributed by atoms with Crippen LogP contribution in [-0.2, 0) is 15.9 Å². The zero-order valence-electron chi connectivity index (χ0n) is 7.32. The van der Waals surface area contributed by atoms with Crippen LogP contribution in [0.1, 0.15) is 5.56 Å². The van der Waals surface area contributed by atoms with Gasteiger partial charge in [-0.05, 0) is 12.0 Å². The van der Waals surface area contributed by atoms with E-state index in [1.54, 1.807) is 7.11 Å². The van der Waals surface area contributed by atoms with Crippen molar-refractivity contribution in [1.29, 1.82) is 0 Å². The van der Waals surface area contributed by atoms with Gasteiger partial charge in [-0.15, -0.1) is 0 Å². The van der Waals surface area contributed by atoms with Gasteiger partial charge in [0.1, 0.15) is 6.79 Å². The standard InChI is InChI=1S/C10H14O2/c1-11-9-12-8-7-10-5-3-2-4-6-10/h2-6H,7-9H2,1H3. The van der Waals surface area contributed by atoms with Gasteiger partial charge >= 0.3 is 0 Å². The van der Waals surface area contributed by atoms with Crippen molar-refractivity contribution in [3.8, 4) is 0 Å². The molecule has 0 unspecified atom stereocenters. The Labute approximate surface area is 73.1 Å². The van der Waals surface area contributed by atoms with Crippen LogP contribution in [0.25, 0.3) is 0 Å². The largest absolute Gasteiger partial charge is 0.359 e. The van der Waals surface area contributed by atoms with E-state index in [4.69, 9.17) is 9.47 Å². The van der Waals surface area contributed by atoms with Crippen molar-refractivity contribution in [2.45, 2.75) is 6.42 Å². The fraction of sp³-hybridized carbons (Fsp3) is 0.400. The van der Waals surface area contributed by atoms with Gasteiger partial charge in [-0.1, -0.05) is 30.3 Å². The highest BCUT2D eigenvalue weighted by atomic mass is 16.7. The molecule has 66 valence electrons. The van der Waals surface area contributed by atoms with Crippen molar-refractivity contribution in [2.75, 3.05) is 20.5 Å². The summed E-state index contributed by atoms with van der Waals surface area (Å²) in [6, 6.07) is 10.3. The zero-order valence-corrected chi connectivity index (χ0v) is 7.32. The van der Waals surface area contributed by atoms with Gasteiger partial charge in [0, 0.05) is 7.11 Å². The summed E-state index contributed by atoms with van der Waals surface area (Å²) in [5, 5.41) is 0. The van der Waals surface area contributed by atoms with Gasteiger partial charge in [0.05, 0.1) is 6.61 Å². The Balaban J connectivity index is 2.16. The van der Waals surface area contributed by atoms with E-state index in [-0.39, 0.29) is 0 Å². The number of methoxy groups -OCH3 is 1. The topological polar surface area (TPSA) is 18.5 Å². The molecule has 1 aromatic carbocycles. The lowest BCUT2D eigenvalue weighted by atomic mass is 10.2. The molecule has 0 aliphatic heterocycles. The molecule has 0 aliphatic rings. The van der Waals surface area contributed by atoms with Crippen LogP contribution in [0, 0.1) is 0 Å². The number of benzene rings is 1.